The van der Waals surface area contributed by atoms with E-state index in [0.29, 0.717) is 63.6 Å². The molecule has 3 amide bonds. The van der Waals surface area contributed by atoms with Crippen molar-refractivity contribution < 1.29 is 72.7 Å². The van der Waals surface area contributed by atoms with Gasteiger partial charge in [-0.25, -0.2) is 9.36 Å². The topological polar surface area (TPSA) is 283 Å². The molecular formula is C54H68N7O14+. The first-order chi connectivity index (χ1) is 36.3. The molecule has 7 N–H and O–H groups in total. The number of nitrogens with one attached hydrogen (secondary N) is 3. The van der Waals surface area contributed by atoms with Gasteiger partial charge >= 0.3 is 5.97 Å². The fourth-order valence-corrected chi connectivity index (χ4v) is 7.98. The van der Waals surface area contributed by atoms with Gasteiger partial charge in [0.15, 0.2) is 25.0 Å². The van der Waals surface area contributed by atoms with Crippen molar-refractivity contribution in [2.45, 2.75) is 109 Å². The van der Waals surface area contributed by atoms with Gasteiger partial charge in [-0.15, -0.1) is 5.10 Å². The summed E-state index contributed by atoms with van der Waals surface area (Å²) in [5, 5.41) is 58.1. The Labute approximate surface area is 435 Å². The molecule has 21 heteroatoms. The maximum absolute atomic E-state index is 13.3. The SMILES string of the molecule is CC(=O)CCOCCOCCOCCC(=O)NCCC(=O)Nc1cc(C[n+]2cccc(-c3cn(CCCCCCCC(=O)Nc4ccccc4-c4ccccc4)nn3)c2)ccc1O[C@@H]1O[C@H](C(=O)O)[C@@H](O)[C@H](O)[C@H]1O. The third-order valence-electron chi connectivity index (χ3n) is 12.0. The van der Waals surface area contributed by atoms with Crippen LogP contribution in [-0.4, -0.2) is 142 Å². The van der Waals surface area contributed by atoms with Crippen molar-refractivity contribution in [1.82, 2.24) is 20.3 Å². The monoisotopic (exact) mass is 1040 g/mol. The first kappa shape index (κ1) is 57.3. The lowest BCUT2D eigenvalue weighted by Gasteiger charge is -2.38. The number of hydrogen-bond donors (Lipinski definition) is 7. The molecule has 402 valence electrons. The third-order valence-corrected chi connectivity index (χ3v) is 12.0. The molecule has 5 atom stereocenters. The van der Waals surface area contributed by atoms with Gasteiger partial charge in [0.05, 0.1) is 57.1 Å². The molecule has 5 aromatic rings. The number of carboxylic acids is 1. The van der Waals surface area contributed by atoms with Crippen LogP contribution in [0, 0.1) is 0 Å². The average Bonchev–Trinajstić information content (AvgIpc) is 3.88. The summed E-state index contributed by atoms with van der Waals surface area (Å²) >= 11 is 0. The summed E-state index contributed by atoms with van der Waals surface area (Å²) in [7, 11) is 0. The number of Topliss-reactive ketones (excluding diaryl/α,β-unsaturated/α-hetero) is 1. The minimum atomic E-state index is -1.93. The fraction of sp³-hybridized carbons (Fsp3) is 0.444. The standard InChI is InChI=1S/C54H67N7O14/c1-37(62)22-27-71-29-31-73-32-30-72-28-23-46(63)55-24-21-48(65)57-43-33-38(19-20-45(43)74-54-51(68)49(66)50(67)52(75-54)53(69)70)34-60-25-12-15-40(35-60)44-36-61(59-58-44)26-11-4-2-3-8-18-47(64)56-42-17-10-9-16-41(42)39-13-6-5-7-14-39/h5-7,9-10,12-17,19-20,25,33,35-36,49-52,54,66-68H,2-4,8,11,18,21-24,26-32,34H2,1H3,(H3-,55,56,57,63,64,65,69,70)/p+1/t49-,50-,51+,52-,54+/m0/s1. The molecule has 2 aromatic heterocycles. The van der Waals surface area contributed by atoms with Gasteiger partial charge < -0.3 is 60.1 Å². The van der Waals surface area contributed by atoms with Crippen LogP contribution in [0.5, 0.6) is 5.75 Å². The predicted molar refractivity (Wildman–Crippen MR) is 273 cm³/mol. The van der Waals surface area contributed by atoms with Gasteiger partial charge in [0.1, 0.15) is 35.5 Å². The smallest absolute Gasteiger partial charge is 0.335 e. The number of carbonyl (C=O) groups is 5. The lowest BCUT2D eigenvalue weighted by Crippen LogP contribution is -2.61. The van der Waals surface area contributed by atoms with Gasteiger partial charge in [0.2, 0.25) is 24.0 Å². The van der Waals surface area contributed by atoms with E-state index >= 15 is 0 Å². The number of ketones is 1. The Balaban J connectivity index is 0.966. The zero-order valence-electron chi connectivity index (χ0n) is 42.1. The molecule has 1 saturated heterocycles. The van der Waals surface area contributed by atoms with Crippen LogP contribution in [0.3, 0.4) is 0 Å². The molecule has 21 nitrogen and oxygen atoms in total. The molecule has 0 saturated carbocycles. The minimum absolute atomic E-state index is 0.000237. The number of aliphatic hydroxyl groups excluding tert-OH is 3. The van der Waals surface area contributed by atoms with Crippen LogP contribution >= 0.6 is 0 Å². The van der Waals surface area contributed by atoms with E-state index < -0.39 is 42.6 Å². The van der Waals surface area contributed by atoms with Gasteiger partial charge in [-0.3, -0.25) is 23.9 Å². The Morgan fingerprint density at radius 3 is 2.11 bits per heavy atom. The first-order valence-corrected chi connectivity index (χ1v) is 25.2. The number of carboxylic acid groups (broad SMARTS) is 1. The number of ether oxygens (including phenoxy) is 5. The second-order valence-electron chi connectivity index (χ2n) is 18.0. The molecule has 6 rings (SSSR count). The van der Waals surface area contributed by atoms with Crippen molar-refractivity contribution in [2.24, 2.45) is 0 Å². The van der Waals surface area contributed by atoms with Crippen molar-refractivity contribution >= 4 is 40.8 Å². The zero-order valence-corrected chi connectivity index (χ0v) is 42.1. The van der Waals surface area contributed by atoms with Crippen LogP contribution in [0.2, 0.25) is 0 Å². The number of amides is 3. The molecule has 0 radical (unpaired) electrons. The Morgan fingerprint density at radius 2 is 1.35 bits per heavy atom. The number of aliphatic hydroxyl groups is 3. The summed E-state index contributed by atoms with van der Waals surface area (Å²) in [5.41, 5.74) is 5.14. The molecule has 3 heterocycles. The molecule has 1 fully saturated rings. The number of aryl methyl sites for hydroxylation is 1. The lowest BCUT2D eigenvalue weighted by molar-refractivity contribution is -0.687. The average molecular weight is 1040 g/mol. The van der Waals surface area contributed by atoms with E-state index in [0.717, 1.165) is 54.5 Å². The number of aromatic nitrogens is 4. The molecule has 0 spiro atoms. The number of aliphatic carboxylic acids is 1. The second-order valence-corrected chi connectivity index (χ2v) is 18.0. The van der Waals surface area contributed by atoms with Crippen molar-refractivity contribution in [2.75, 3.05) is 56.8 Å². The number of para-hydroxylation sites is 1. The van der Waals surface area contributed by atoms with E-state index in [2.05, 4.69) is 26.3 Å². The minimum Gasteiger partial charge on any atom is -0.479 e. The van der Waals surface area contributed by atoms with E-state index in [4.69, 9.17) is 23.7 Å². The highest BCUT2D eigenvalue weighted by molar-refractivity contribution is 5.95. The normalized spacial score (nSPS) is 17.3. The number of unbranched alkanes of at least 4 members (excludes halogenated alkanes) is 4. The number of anilines is 2. The summed E-state index contributed by atoms with van der Waals surface area (Å²) in [6, 6.07) is 26.4. The highest BCUT2D eigenvalue weighted by atomic mass is 16.7. The first-order valence-electron chi connectivity index (χ1n) is 25.2. The van der Waals surface area contributed by atoms with E-state index in [1.165, 1.54) is 13.0 Å². The Kier molecular flexibility index (Phi) is 23.2. The third kappa shape index (κ3) is 19.0. The second kappa shape index (κ2) is 30.4. The lowest BCUT2D eigenvalue weighted by atomic mass is 9.99. The number of pyridine rings is 1. The van der Waals surface area contributed by atoms with Gasteiger partial charge in [0.25, 0.3) is 0 Å². The van der Waals surface area contributed by atoms with Gasteiger partial charge in [-0.05, 0) is 55.7 Å². The maximum Gasteiger partial charge on any atom is 0.335 e. The molecule has 75 heavy (non-hydrogen) atoms. The largest absolute Gasteiger partial charge is 0.479 e. The van der Waals surface area contributed by atoms with Crippen LogP contribution < -0.4 is 25.3 Å². The number of benzene rings is 3. The zero-order chi connectivity index (χ0) is 53.4. The quantitative estimate of drug-likeness (QED) is 0.0236. The Morgan fingerprint density at radius 1 is 0.680 bits per heavy atom. The van der Waals surface area contributed by atoms with Crippen LogP contribution in [0.1, 0.15) is 70.3 Å². The molecule has 1 aliphatic rings. The van der Waals surface area contributed by atoms with Crippen LogP contribution in [0.15, 0.2) is 104 Å². The highest BCUT2D eigenvalue weighted by Crippen LogP contribution is 2.32. The van der Waals surface area contributed by atoms with Crippen molar-refractivity contribution in [3.05, 3.63) is 109 Å². The number of hydrogen-bond acceptors (Lipinski definition) is 15. The van der Waals surface area contributed by atoms with Crippen LogP contribution in [-0.2, 0) is 56.0 Å². The van der Waals surface area contributed by atoms with Gasteiger partial charge in [0, 0.05) is 61.7 Å². The molecular weight excluding hydrogens is 971 g/mol. The predicted octanol–water partition coefficient (Wildman–Crippen LogP) is 4.06. The van der Waals surface area contributed by atoms with E-state index in [1.54, 1.807) is 12.1 Å². The van der Waals surface area contributed by atoms with Gasteiger partial charge in [-0.1, -0.05) is 73.0 Å². The molecule has 0 unspecified atom stereocenters. The summed E-state index contributed by atoms with van der Waals surface area (Å²) in [5.74, 6) is -2.41. The van der Waals surface area contributed by atoms with Crippen molar-refractivity contribution in [1.29, 1.82) is 0 Å². The van der Waals surface area contributed by atoms with E-state index in [9.17, 15) is 44.4 Å². The van der Waals surface area contributed by atoms with Crippen molar-refractivity contribution in [3.8, 4) is 28.1 Å². The highest BCUT2D eigenvalue weighted by Gasteiger charge is 2.48. The summed E-state index contributed by atoms with van der Waals surface area (Å²) in [6.45, 7) is 4.22. The summed E-state index contributed by atoms with van der Waals surface area (Å²) in [4.78, 5) is 61.2. The summed E-state index contributed by atoms with van der Waals surface area (Å²) < 4.78 is 31.1. The number of carbonyl (C=O) groups excluding carboxylic acids is 4. The van der Waals surface area contributed by atoms with E-state index in [-0.39, 0.29) is 61.6 Å². The van der Waals surface area contributed by atoms with Crippen molar-refractivity contribution in [3.63, 3.8) is 0 Å². The van der Waals surface area contributed by atoms with Gasteiger partial charge in [-0.2, -0.15) is 0 Å². The molecule has 3 aromatic carbocycles. The Hall–Kier alpha value is -6.98. The Bertz CT molecular complexity index is 2620. The van der Waals surface area contributed by atoms with E-state index in [1.807, 2.05) is 94.6 Å². The molecule has 1 aliphatic heterocycles. The van der Waals surface area contributed by atoms with Crippen LogP contribution in [0.25, 0.3) is 22.4 Å². The van der Waals surface area contributed by atoms with Crippen LogP contribution in [0.4, 0.5) is 11.4 Å². The molecule has 0 aliphatic carbocycles. The maximum atomic E-state index is 13.3. The summed E-state index contributed by atoms with van der Waals surface area (Å²) in [6.07, 6.45) is 1.59. The fourth-order valence-electron chi connectivity index (χ4n) is 7.98. The number of nitrogens with zero attached hydrogens (tertiary/aromatic N) is 4. The molecule has 0 bridgehead atoms. The number of rotatable bonds is 32.